The van der Waals surface area contributed by atoms with E-state index in [-0.39, 0.29) is 15.5 Å². The zero-order valence-electron chi connectivity index (χ0n) is 14.2. The van der Waals surface area contributed by atoms with Crippen molar-refractivity contribution in [1.29, 1.82) is 0 Å². The average molecular weight is 455 g/mol. The predicted molar refractivity (Wildman–Crippen MR) is 112 cm³/mol. The Labute approximate surface area is 177 Å². The largest absolute Gasteiger partial charge is 0.506 e. The van der Waals surface area contributed by atoms with Crippen LogP contribution < -0.4 is 5.43 Å². The number of hydrogen-bond donors (Lipinski definition) is 3. The first-order valence-electron chi connectivity index (χ1n) is 7.72. The number of amides is 1. The lowest BCUT2D eigenvalue weighted by atomic mass is 10.1. The number of carbonyl (C=O) groups excluding carboxylic acids is 1. The van der Waals surface area contributed by atoms with Crippen LogP contribution in [0.1, 0.15) is 31.8 Å². The van der Waals surface area contributed by atoms with Crippen molar-refractivity contribution < 1.29 is 19.8 Å². The van der Waals surface area contributed by atoms with Crippen LogP contribution in [-0.4, -0.2) is 27.8 Å². The van der Waals surface area contributed by atoms with Gasteiger partial charge in [0.15, 0.2) is 0 Å². The second-order valence-electron chi connectivity index (χ2n) is 5.56. The van der Waals surface area contributed by atoms with Crippen molar-refractivity contribution in [2.75, 3.05) is 0 Å². The number of carbonyl (C=O) groups is 2. The molecule has 0 saturated heterocycles. The first kappa shape index (κ1) is 20.3. The third-order valence-corrected chi connectivity index (χ3v) is 6.53. The highest BCUT2D eigenvalue weighted by atomic mass is 35.5. The van der Waals surface area contributed by atoms with Crippen molar-refractivity contribution in [1.82, 2.24) is 5.43 Å². The Kier molecular flexibility index (Phi) is 6.04. The molecule has 28 heavy (non-hydrogen) atoms. The van der Waals surface area contributed by atoms with Crippen molar-refractivity contribution in [3.63, 3.8) is 0 Å². The second kappa shape index (κ2) is 8.32. The Morgan fingerprint density at radius 3 is 2.46 bits per heavy atom. The van der Waals surface area contributed by atoms with Crippen LogP contribution in [0.15, 0.2) is 40.8 Å². The minimum absolute atomic E-state index is 0.0168. The van der Waals surface area contributed by atoms with E-state index in [1.54, 1.807) is 30.5 Å². The van der Waals surface area contributed by atoms with E-state index < -0.39 is 11.9 Å². The molecule has 0 spiro atoms. The topological polar surface area (TPSA) is 99.0 Å². The first-order chi connectivity index (χ1) is 13.3. The molecular weight excluding hydrogens is 443 g/mol. The van der Waals surface area contributed by atoms with Gasteiger partial charge in [-0.25, -0.2) is 10.2 Å². The van der Waals surface area contributed by atoms with E-state index in [0.717, 1.165) is 11.3 Å². The summed E-state index contributed by atoms with van der Waals surface area (Å²) in [5, 5.41) is 26.0. The van der Waals surface area contributed by atoms with Crippen LogP contribution in [0.2, 0.25) is 10.0 Å². The zero-order valence-corrected chi connectivity index (χ0v) is 17.3. The lowest BCUT2D eigenvalue weighted by molar-refractivity contribution is 0.0702. The smallest absolute Gasteiger partial charge is 0.345 e. The maximum absolute atomic E-state index is 12.1. The van der Waals surface area contributed by atoms with E-state index in [2.05, 4.69) is 10.5 Å². The Morgan fingerprint density at radius 2 is 1.82 bits per heavy atom. The van der Waals surface area contributed by atoms with Gasteiger partial charge in [0.25, 0.3) is 5.91 Å². The molecule has 1 amide bonds. The second-order valence-corrected chi connectivity index (χ2v) is 8.34. The Hall–Kier alpha value is -2.39. The van der Waals surface area contributed by atoms with E-state index in [0.29, 0.717) is 31.8 Å². The molecule has 0 fully saturated rings. The number of rotatable bonds is 5. The molecule has 0 unspecified atom stereocenters. The van der Waals surface area contributed by atoms with Gasteiger partial charge < -0.3 is 10.2 Å². The number of halogens is 2. The molecule has 144 valence electrons. The summed E-state index contributed by atoms with van der Waals surface area (Å²) in [7, 11) is 0. The van der Waals surface area contributed by atoms with Gasteiger partial charge in [0, 0.05) is 5.38 Å². The molecule has 2 aromatic heterocycles. The predicted octanol–water partition coefficient (Wildman–Crippen LogP) is 5.34. The van der Waals surface area contributed by atoms with Crippen molar-refractivity contribution in [3.8, 4) is 16.2 Å². The number of hydrazone groups is 1. The number of aromatic carboxylic acids is 1. The Morgan fingerprint density at radius 1 is 1.11 bits per heavy atom. The standard InChI is InChI=1S/C18H12Cl2N2O4S2/c1-8(21-22-17(24)13-4-5-14(28-13)18(25)26)10-7-27-16(15(10)23)9-2-3-11(19)12(20)6-9/h2-7,23H,1H3,(H,22,24)(H,25,26)/b21-8-. The fourth-order valence-corrected chi connectivity index (χ4v) is 4.31. The van der Waals surface area contributed by atoms with Crippen LogP contribution in [0.25, 0.3) is 10.4 Å². The van der Waals surface area contributed by atoms with Crippen LogP contribution in [0.5, 0.6) is 5.75 Å². The Bertz CT molecular complexity index is 1100. The molecule has 6 nitrogen and oxygen atoms in total. The summed E-state index contributed by atoms with van der Waals surface area (Å²) in [5.74, 6) is -1.61. The van der Waals surface area contributed by atoms with Crippen molar-refractivity contribution >= 4 is 63.5 Å². The van der Waals surface area contributed by atoms with Gasteiger partial charge in [0.2, 0.25) is 0 Å². The molecule has 3 rings (SSSR count). The number of nitrogens with one attached hydrogen (secondary N) is 1. The molecule has 2 heterocycles. The van der Waals surface area contributed by atoms with Gasteiger partial charge in [-0.3, -0.25) is 4.79 Å². The minimum atomic E-state index is -1.10. The summed E-state index contributed by atoms with van der Waals surface area (Å²) >= 11 is 14.1. The summed E-state index contributed by atoms with van der Waals surface area (Å²) in [6.45, 7) is 1.64. The number of carboxylic acids is 1. The van der Waals surface area contributed by atoms with Gasteiger partial charge in [-0.05, 0) is 36.8 Å². The molecule has 0 aliphatic heterocycles. The number of carboxylic acid groups (broad SMARTS) is 1. The lowest BCUT2D eigenvalue weighted by Crippen LogP contribution is -2.18. The van der Waals surface area contributed by atoms with Crippen LogP contribution >= 0.6 is 45.9 Å². The fourth-order valence-electron chi connectivity index (χ4n) is 2.28. The highest BCUT2D eigenvalue weighted by molar-refractivity contribution is 7.15. The van der Waals surface area contributed by atoms with Gasteiger partial charge in [-0.15, -0.1) is 22.7 Å². The highest BCUT2D eigenvalue weighted by Crippen LogP contribution is 2.40. The molecule has 0 bridgehead atoms. The summed E-state index contributed by atoms with van der Waals surface area (Å²) in [4.78, 5) is 23.9. The van der Waals surface area contributed by atoms with Gasteiger partial charge >= 0.3 is 5.97 Å². The van der Waals surface area contributed by atoms with Crippen LogP contribution in [0.3, 0.4) is 0 Å². The SMILES string of the molecule is C/C(=N/NC(=O)c1ccc(C(=O)O)s1)c1csc(-c2ccc(Cl)c(Cl)c2)c1O. The monoisotopic (exact) mass is 454 g/mol. The molecular formula is C18H12Cl2N2O4S2. The molecule has 0 aliphatic carbocycles. The average Bonchev–Trinajstić information content (AvgIpc) is 3.29. The number of nitrogens with zero attached hydrogens (tertiary/aromatic N) is 1. The summed E-state index contributed by atoms with van der Waals surface area (Å²) < 4.78 is 0. The summed E-state index contributed by atoms with van der Waals surface area (Å²) in [6.07, 6.45) is 0. The lowest BCUT2D eigenvalue weighted by Gasteiger charge is -2.04. The molecule has 10 heteroatoms. The molecule has 3 aromatic rings. The third-order valence-electron chi connectivity index (χ3n) is 3.70. The molecule has 0 atom stereocenters. The third kappa shape index (κ3) is 4.20. The Balaban J connectivity index is 1.79. The van der Waals surface area contributed by atoms with Crippen LogP contribution in [0.4, 0.5) is 0 Å². The van der Waals surface area contributed by atoms with E-state index in [1.807, 2.05) is 0 Å². The van der Waals surface area contributed by atoms with E-state index in [1.165, 1.54) is 23.5 Å². The van der Waals surface area contributed by atoms with Crippen LogP contribution in [0, 0.1) is 0 Å². The molecule has 0 aliphatic rings. The minimum Gasteiger partial charge on any atom is -0.506 e. The number of benzene rings is 1. The van der Waals surface area contributed by atoms with Gasteiger partial charge in [-0.2, -0.15) is 5.10 Å². The van der Waals surface area contributed by atoms with Crippen LogP contribution in [-0.2, 0) is 0 Å². The van der Waals surface area contributed by atoms with Gasteiger partial charge in [0.05, 0.1) is 31.1 Å². The number of hydrogen-bond acceptors (Lipinski definition) is 6. The normalized spacial score (nSPS) is 11.5. The quantitative estimate of drug-likeness (QED) is 0.357. The molecule has 1 aromatic carbocycles. The maximum Gasteiger partial charge on any atom is 0.345 e. The zero-order chi connectivity index (χ0) is 20.4. The van der Waals surface area contributed by atoms with Gasteiger partial charge in [0.1, 0.15) is 10.6 Å². The van der Waals surface area contributed by atoms with Crippen molar-refractivity contribution in [2.45, 2.75) is 6.92 Å². The van der Waals surface area contributed by atoms with Crippen molar-refractivity contribution in [2.24, 2.45) is 5.10 Å². The maximum atomic E-state index is 12.1. The van der Waals surface area contributed by atoms with Crippen molar-refractivity contribution in [3.05, 3.63) is 61.1 Å². The fraction of sp³-hybridized carbons (Fsp3) is 0.0556. The highest BCUT2D eigenvalue weighted by Gasteiger charge is 2.17. The molecule has 0 saturated carbocycles. The van der Waals surface area contributed by atoms with Gasteiger partial charge in [-0.1, -0.05) is 29.3 Å². The summed E-state index contributed by atoms with van der Waals surface area (Å²) in [6, 6.07) is 7.82. The molecule has 3 N–H and O–H groups in total. The number of thiophene rings is 2. The van der Waals surface area contributed by atoms with E-state index >= 15 is 0 Å². The first-order valence-corrected chi connectivity index (χ1v) is 10.2. The summed E-state index contributed by atoms with van der Waals surface area (Å²) in [5.41, 5.74) is 3.93. The molecule has 0 radical (unpaired) electrons. The number of aromatic hydroxyl groups is 1. The van der Waals surface area contributed by atoms with E-state index in [9.17, 15) is 14.7 Å². The van der Waals surface area contributed by atoms with E-state index in [4.69, 9.17) is 28.3 Å².